The van der Waals surface area contributed by atoms with E-state index in [1.54, 1.807) is 0 Å². The lowest BCUT2D eigenvalue weighted by atomic mass is 10.0. The van der Waals surface area contributed by atoms with Crippen molar-refractivity contribution < 1.29 is 0 Å². The number of rotatable bonds is 2. The molecule has 0 radical (unpaired) electrons. The van der Waals surface area contributed by atoms with Crippen molar-refractivity contribution in [3.8, 4) is 6.07 Å². The summed E-state index contributed by atoms with van der Waals surface area (Å²) in [4.78, 5) is 14.7. The van der Waals surface area contributed by atoms with E-state index in [2.05, 4.69) is 11.1 Å². The quantitative estimate of drug-likeness (QED) is 0.893. The van der Waals surface area contributed by atoms with E-state index in [0.717, 1.165) is 16.5 Å². The van der Waals surface area contributed by atoms with Gasteiger partial charge < -0.3 is 4.98 Å². The molecule has 2 aromatic rings. The molecule has 3 heteroatoms. The highest BCUT2D eigenvalue weighted by molar-refractivity contribution is 5.79. The SMILES string of the molecule is CC.Cc1ccc2[nH]c(=O)c(CC(C)C#N)cc2c1. The molecule has 0 fully saturated rings. The molecule has 3 nitrogen and oxygen atoms in total. The topological polar surface area (TPSA) is 56.6 Å². The van der Waals surface area contributed by atoms with E-state index in [-0.39, 0.29) is 11.5 Å². The first-order valence-corrected chi connectivity index (χ1v) is 6.62. The second-order valence-electron chi connectivity index (χ2n) is 4.45. The van der Waals surface area contributed by atoms with Crippen molar-refractivity contribution in [1.29, 1.82) is 5.26 Å². The Balaban J connectivity index is 0.000000861. The minimum atomic E-state index is -0.140. The second kappa shape index (κ2) is 6.75. The van der Waals surface area contributed by atoms with Crippen LogP contribution in [0.15, 0.2) is 29.1 Å². The zero-order chi connectivity index (χ0) is 14.4. The average molecular weight is 256 g/mol. The summed E-state index contributed by atoms with van der Waals surface area (Å²) in [6.45, 7) is 7.84. The summed E-state index contributed by atoms with van der Waals surface area (Å²) in [5.41, 5.74) is 2.58. The van der Waals surface area contributed by atoms with Crippen molar-refractivity contribution >= 4 is 10.9 Å². The first-order valence-electron chi connectivity index (χ1n) is 6.62. The van der Waals surface area contributed by atoms with E-state index in [0.29, 0.717) is 12.0 Å². The lowest BCUT2D eigenvalue weighted by molar-refractivity contribution is 0.732. The van der Waals surface area contributed by atoms with Crippen LogP contribution in [0.4, 0.5) is 0 Å². The number of hydrogen-bond acceptors (Lipinski definition) is 2. The van der Waals surface area contributed by atoms with Crippen LogP contribution in [0.1, 0.15) is 31.9 Å². The van der Waals surface area contributed by atoms with E-state index in [1.807, 2.05) is 52.0 Å². The molecule has 1 aromatic carbocycles. The Labute approximate surface area is 113 Å². The van der Waals surface area contributed by atoms with Gasteiger partial charge in [-0.3, -0.25) is 4.79 Å². The average Bonchev–Trinajstić information content (AvgIpc) is 2.42. The number of nitrogens with zero attached hydrogens (tertiary/aromatic N) is 1. The van der Waals surface area contributed by atoms with Crippen LogP contribution in [0.5, 0.6) is 0 Å². The number of pyridine rings is 1. The molecule has 0 saturated carbocycles. The van der Waals surface area contributed by atoms with Crippen LogP contribution in [0, 0.1) is 24.2 Å². The van der Waals surface area contributed by atoms with Gasteiger partial charge in [-0.15, -0.1) is 0 Å². The van der Waals surface area contributed by atoms with Crippen LogP contribution < -0.4 is 5.56 Å². The summed E-state index contributed by atoms with van der Waals surface area (Å²) in [5.74, 6) is -0.140. The zero-order valence-electron chi connectivity index (χ0n) is 11.9. The van der Waals surface area contributed by atoms with Crippen molar-refractivity contribution in [2.24, 2.45) is 5.92 Å². The third-order valence-electron chi connectivity index (χ3n) is 2.82. The number of aromatic nitrogens is 1. The third-order valence-corrected chi connectivity index (χ3v) is 2.82. The predicted molar refractivity (Wildman–Crippen MR) is 79.1 cm³/mol. The largest absolute Gasteiger partial charge is 0.322 e. The van der Waals surface area contributed by atoms with Crippen molar-refractivity contribution in [3.63, 3.8) is 0 Å². The molecule has 1 N–H and O–H groups in total. The molecule has 1 aromatic heterocycles. The van der Waals surface area contributed by atoms with Gasteiger partial charge in [0.25, 0.3) is 5.56 Å². The maximum Gasteiger partial charge on any atom is 0.251 e. The summed E-state index contributed by atoms with van der Waals surface area (Å²) in [6.07, 6.45) is 0.496. The highest BCUT2D eigenvalue weighted by Gasteiger charge is 2.07. The summed E-state index contributed by atoms with van der Waals surface area (Å²) >= 11 is 0. The molecule has 100 valence electrons. The fourth-order valence-corrected chi connectivity index (χ4v) is 1.90. The van der Waals surface area contributed by atoms with Gasteiger partial charge in [-0.1, -0.05) is 25.5 Å². The van der Waals surface area contributed by atoms with Gasteiger partial charge >= 0.3 is 0 Å². The number of fused-ring (bicyclic) bond motifs is 1. The van der Waals surface area contributed by atoms with E-state index >= 15 is 0 Å². The molecular formula is C16H20N2O. The molecular weight excluding hydrogens is 236 g/mol. The van der Waals surface area contributed by atoms with Gasteiger partial charge in [0, 0.05) is 17.0 Å². The van der Waals surface area contributed by atoms with E-state index in [4.69, 9.17) is 5.26 Å². The highest BCUT2D eigenvalue weighted by Crippen LogP contribution is 2.14. The lowest BCUT2D eigenvalue weighted by Crippen LogP contribution is -2.14. The monoisotopic (exact) mass is 256 g/mol. The van der Waals surface area contributed by atoms with Gasteiger partial charge in [-0.05, 0) is 43.9 Å². The number of nitriles is 1. The standard InChI is InChI=1S/C14H14N2O.C2H6/c1-9-3-4-13-11(5-9)7-12(14(17)16-13)6-10(2)8-15;1-2/h3-5,7,10H,6H2,1-2H3,(H,16,17);1-2H3. The van der Waals surface area contributed by atoms with E-state index < -0.39 is 0 Å². The van der Waals surface area contributed by atoms with Crippen LogP contribution in [0.2, 0.25) is 0 Å². The van der Waals surface area contributed by atoms with Gasteiger partial charge in [0.05, 0.1) is 6.07 Å². The molecule has 2 rings (SSSR count). The van der Waals surface area contributed by atoms with Gasteiger partial charge in [-0.25, -0.2) is 0 Å². The Hall–Kier alpha value is -2.08. The molecule has 0 amide bonds. The van der Waals surface area contributed by atoms with Crippen molar-refractivity contribution in [2.75, 3.05) is 0 Å². The van der Waals surface area contributed by atoms with Crippen LogP contribution in [0.3, 0.4) is 0 Å². The van der Waals surface area contributed by atoms with Crippen LogP contribution in [0.25, 0.3) is 10.9 Å². The summed E-state index contributed by atoms with van der Waals surface area (Å²) < 4.78 is 0. The van der Waals surface area contributed by atoms with E-state index in [9.17, 15) is 4.79 Å². The summed E-state index contributed by atoms with van der Waals surface area (Å²) in [7, 11) is 0. The molecule has 0 spiro atoms. The lowest BCUT2D eigenvalue weighted by Gasteiger charge is -2.05. The minimum Gasteiger partial charge on any atom is -0.322 e. The normalized spacial score (nSPS) is 11.3. The number of H-pyrrole nitrogens is 1. The molecule has 0 saturated heterocycles. The van der Waals surface area contributed by atoms with Gasteiger partial charge in [-0.2, -0.15) is 5.26 Å². The fraction of sp³-hybridized carbons (Fsp3) is 0.375. The maximum absolute atomic E-state index is 11.8. The molecule has 0 aliphatic heterocycles. The first-order chi connectivity index (χ1) is 9.10. The molecule has 1 atom stereocenters. The molecule has 0 bridgehead atoms. The van der Waals surface area contributed by atoms with Crippen molar-refractivity contribution in [2.45, 2.75) is 34.1 Å². The Bertz CT molecular complexity index is 650. The zero-order valence-corrected chi connectivity index (χ0v) is 11.9. The summed E-state index contributed by atoms with van der Waals surface area (Å²) in [6, 6.07) is 9.94. The van der Waals surface area contributed by atoms with E-state index in [1.165, 1.54) is 0 Å². The van der Waals surface area contributed by atoms with Crippen LogP contribution >= 0.6 is 0 Å². The third kappa shape index (κ3) is 3.69. The van der Waals surface area contributed by atoms with Crippen LogP contribution in [-0.2, 0) is 6.42 Å². The molecule has 0 aliphatic rings. The minimum absolute atomic E-state index is 0.0940. The smallest absolute Gasteiger partial charge is 0.251 e. The first kappa shape index (κ1) is 15.0. The number of hydrogen-bond donors (Lipinski definition) is 1. The van der Waals surface area contributed by atoms with Crippen molar-refractivity contribution in [3.05, 3.63) is 45.7 Å². The van der Waals surface area contributed by atoms with Gasteiger partial charge in [0.2, 0.25) is 0 Å². The van der Waals surface area contributed by atoms with Gasteiger partial charge in [0.15, 0.2) is 0 Å². The molecule has 1 unspecified atom stereocenters. The number of benzene rings is 1. The number of nitrogens with one attached hydrogen (secondary N) is 1. The Morgan fingerprint density at radius 1 is 1.32 bits per heavy atom. The molecule has 1 heterocycles. The van der Waals surface area contributed by atoms with Crippen LogP contribution in [-0.4, -0.2) is 4.98 Å². The Morgan fingerprint density at radius 3 is 2.63 bits per heavy atom. The second-order valence-corrected chi connectivity index (χ2v) is 4.45. The maximum atomic E-state index is 11.8. The Morgan fingerprint density at radius 2 is 2.00 bits per heavy atom. The summed E-state index contributed by atoms with van der Waals surface area (Å²) in [5, 5.41) is 9.80. The van der Waals surface area contributed by atoms with Crippen molar-refractivity contribution in [1.82, 2.24) is 4.98 Å². The molecule has 0 aliphatic carbocycles. The highest BCUT2D eigenvalue weighted by atomic mass is 16.1. The number of aryl methyl sites for hydroxylation is 1. The fourth-order valence-electron chi connectivity index (χ4n) is 1.90. The number of aromatic amines is 1. The Kier molecular flexibility index (Phi) is 5.32. The predicted octanol–water partition coefficient (Wildman–Crippen LogP) is 3.56. The van der Waals surface area contributed by atoms with Gasteiger partial charge in [0.1, 0.15) is 0 Å². The molecule has 19 heavy (non-hydrogen) atoms.